The van der Waals surface area contributed by atoms with E-state index in [1.54, 1.807) is 43.3 Å². The summed E-state index contributed by atoms with van der Waals surface area (Å²) in [4.78, 5) is 51.9. The number of ketones is 4. The zero-order valence-corrected chi connectivity index (χ0v) is 17.7. The molecule has 0 saturated heterocycles. The van der Waals surface area contributed by atoms with Gasteiger partial charge in [-0.15, -0.1) is 0 Å². The predicted molar refractivity (Wildman–Crippen MR) is 125 cm³/mol. The lowest BCUT2D eigenvalue weighted by atomic mass is 9.83. The minimum absolute atomic E-state index is 0.113. The summed E-state index contributed by atoms with van der Waals surface area (Å²) >= 11 is 0. The molecule has 1 atom stereocenters. The fourth-order valence-corrected chi connectivity index (χ4v) is 4.09. The minimum atomic E-state index is -1.09. The molecule has 0 bridgehead atoms. The maximum atomic E-state index is 13.4. The molecule has 0 radical (unpaired) electrons. The van der Waals surface area contributed by atoms with Crippen molar-refractivity contribution in [3.05, 3.63) is 96.1 Å². The minimum Gasteiger partial charge on any atom is -0.300 e. The van der Waals surface area contributed by atoms with E-state index in [1.807, 2.05) is 48.5 Å². The average Bonchev–Trinajstić information content (AvgIpc) is 2.85. The summed E-state index contributed by atoms with van der Waals surface area (Å²) in [5.74, 6) is -3.92. The van der Waals surface area contributed by atoms with Gasteiger partial charge in [-0.05, 0) is 27.1 Å². The van der Waals surface area contributed by atoms with Gasteiger partial charge in [0.2, 0.25) is 11.6 Å². The van der Waals surface area contributed by atoms with Crippen molar-refractivity contribution in [2.75, 3.05) is 0 Å². The highest BCUT2D eigenvalue weighted by Crippen LogP contribution is 2.30. The van der Waals surface area contributed by atoms with Crippen molar-refractivity contribution >= 4 is 44.7 Å². The van der Waals surface area contributed by atoms with E-state index in [9.17, 15) is 19.2 Å². The molecule has 32 heavy (non-hydrogen) atoms. The van der Waals surface area contributed by atoms with E-state index >= 15 is 0 Å². The van der Waals surface area contributed by atoms with Crippen LogP contribution in [0.15, 0.2) is 84.9 Å². The van der Waals surface area contributed by atoms with Crippen LogP contribution in [0.25, 0.3) is 21.5 Å². The van der Waals surface area contributed by atoms with Gasteiger partial charge in [-0.25, -0.2) is 0 Å². The molecule has 4 heteroatoms. The van der Waals surface area contributed by atoms with Crippen molar-refractivity contribution in [2.24, 2.45) is 0 Å². The van der Waals surface area contributed by atoms with Crippen molar-refractivity contribution in [2.45, 2.75) is 25.7 Å². The summed E-state index contributed by atoms with van der Waals surface area (Å²) in [7, 11) is 0. The van der Waals surface area contributed by atoms with Crippen LogP contribution in [0.5, 0.6) is 0 Å². The van der Waals surface area contributed by atoms with Gasteiger partial charge in [-0.1, -0.05) is 91.9 Å². The molecule has 0 spiro atoms. The van der Waals surface area contributed by atoms with Crippen molar-refractivity contribution < 1.29 is 19.2 Å². The molecule has 4 nitrogen and oxygen atoms in total. The number of benzene rings is 4. The van der Waals surface area contributed by atoms with Gasteiger partial charge in [-0.3, -0.25) is 19.2 Å². The number of rotatable bonds is 8. The smallest absolute Gasteiger partial charge is 0.269 e. The molecular weight excluding hydrogens is 400 g/mol. The standard InChI is InChI=1S/C28H22O4/c1-2-20(29)17-25(23-15-7-11-18-9-3-5-13-21(18)23)27(31)28(32)26(30)24-16-8-12-19-10-4-6-14-22(19)24/h3-16,25H,2,17H2,1H3. The average molecular weight is 422 g/mol. The maximum absolute atomic E-state index is 13.4. The zero-order chi connectivity index (χ0) is 22.7. The summed E-state index contributed by atoms with van der Waals surface area (Å²) in [6.07, 6.45) is 0.137. The summed E-state index contributed by atoms with van der Waals surface area (Å²) < 4.78 is 0. The third kappa shape index (κ3) is 4.00. The molecule has 0 aliphatic carbocycles. The van der Waals surface area contributed by atoms with Crippen LogP contribution in [0.3, 0.4) is 0 Å². The first-order valence-electron chi connectivity index (χ1n) is 10.6. The number of carbonyl (C=O) groups is 4. The fraction of sp³-hybridized carbons (Fsp3) is 0.143. The Morgan fingerprint density at radius 3 is 1.94 bits per heavy atom. The number of carbonyl (C=O) groups excluding carboxylic acids is 4. The molecule has 0 aromatic heterocycles. The van der Waals surface area contributed by atoms with Gasteiger partial charge in [-0.2, -0.15) is 0 Å². The lowest BCUT2D eigenvalue weighted by Crippen LogP contribution is -2.30. The second-order valence-corrected chi connectivity index (χ2v) is 7.77. The van der Waals surface area contributed by atoms with Crippen LogP contribution in [0.1, 0.15) is 41.6 Å². The monoisotopic (exact) mass is 422 g/mol. The zero-order valence-electron chi connectivity index (χ0n) is 17.7. The normalized spacial score (nSPS) is 11.9. The first-order chi connectivity index (χ1) is 15.5. The maximum Gasteiger partial charge on any atom is 0.269 e. The van der Waals surface area contributed by atoms with Crippen LogP contribution < -0.4 is 0 Å². The number of hydrogen-bond donors (Lipinski definition) is 0. The summed E-state index contributed by atoms with van der Waals surface area (Å²) in [5.41, 5.74) is 0.786. The molecule has 0 fully saturated rings. The molecule has 4 rings (SSSR count). The highest BCUT2D eigenvalue weighted by Gasteiger charge is 2.34. The van der Waals surface area contributed by atoms with Gasteiger partial charge < -0.3 is 0 Å². The third-order valence-corrected chi connectivity index (χ3v) is 5.81. The highest BCUT2D eigenvalue weighted by atomic mass is 16.2. The third-order valence-electron chi connectivity index (χ3n) is 5.81. The molecule has 158 valence electrons. The Morgan fingerprint density at radius 1 is 0.688 bits per heavy atom. The molecule has 0 saturated carbocycles. The molecule has 0 amide bonds. The van der Waals surface area contributed by atoms with Crippen LogP contribution in [0.2, 0.25) is 0 Å². The van der Waals surface area contributed by atoms with E-state index in [2.05, 4.69) is 0 Å². The van der Waals surface area contributed by atoms with Crippen LogP contribution in [-0.2, 0) is 14.4 Å². The summed E-state index contributed by atoms with van der Waals surface area (Å²) in [5, 5.41) is 3.13. The van der Waals surface area contributed by atoms with Gasteiger partial charge in [0.25, 0.3) is 5.78 Å². The largest absolute Gasteiger partial charge is 0.300 e. The Labute approximate surface area is 185 Å². The van der Waals surface area contributed by atoms with Gasteiger partial charge in [0.05, 0.1) is 5.92 Å². The lowest BCUT2D eigenvalue weighted by molar-refractivity contribution is -0.135. The van der Waals surface area contributed by atoms with Gasteiger partial charge in [0, 0.05) is 18.4 Å². The second-order valence-electron chi connectivity index (χ2n) is 7.77. The highest BCUT2D eigenvalue weighted by molar-refractivity contribution is 6.68. The first-order valence-corrected chi connectivity index (χ1v) is 10.6. The predicted octanol–water partition coefficient (Wildman–Crippen LogP) is 5.47. The summed E-state index contributed by atoms with van der Waals surface area (Å²) in [6.45, 7) is 1.72. The Kier molecular flexibility index (Phi) is 6.04. The second kappa shape index (κ2) is 9.06. The fourth-order valence-electron chi connectivity index (χ4n) is 4.09. The van der Waals surface area contributed by atoms with E-state index in [4.69, 9.17) is 0 Å². The SMILES string of the molecule is CCC(=O)CC(C(=O)C(=O)C(=O)c1cccc2ccccc12)c1cccc2ccccc12. The van der Waals surface area contributed by atoms with E-state index in [0.29, 0.717) is 10.9 Å². The summed E-state index contributed by atoms with van der Waals surface area (Å²) in [6, 6.07) is 25.3. The Balaban J connectivity index is 1.76. The van der Waals surface area contributed by atoms with Crippen LogP contribution in [-0.4, -0.2) is 23.1 Å². The van der Waals surface area contributed by atoms with Crippen molar-refractivity contribution in [1.82, 2.24) is 0 Å². The van der Waals surface area contributed by atoms with E-state index in [-0.39, 0.29) is 24.2 Å². The van der Waals surface area contributed by atoms with Crippen molar-refractivity contribution in [1.29, 1.82) is 0 Å². The number of fused-ring (bicyclic) bond motifs is 2. The number of hydrogen-bond acceptors (Lipinski definition) is 4. The van der Waals surface area contributed by atoms with Crippen molar-refractivity contribution in [3.63, 3.8) is 0 Å². The molecule has 0 aliphatic rings. The lowest BCUT2D eigenvalue weighted by Gasteiger charge is -2.17. The quantitative estimate of drug-likeness (QED) is 0.215. The van der Waals surface area contributed by atoms with Crippen LogP contribution in [0.4, 0.5) is 0 Å². The van der Waals surface area contributed by atoms with Crippen molar-refractivity contribution in [3.8, 4) is 0 Å². The van der Waals surface area contributed by atoms with E-state index in [1.165, 1.54) is 0 Å². The molecule has 0 heterocycles. The van der Waals surface area contributed by atoms with Crippen LogP contribution >= 0.6 is 0 Å². The number of Topliss-reactive ketones (excluding diaryl/α,β-unsaturated/α-hetero) is 4. The first kappa shape index (κ1) is 21.3. The molecule has 0 aliphatic heterocycles. The Bertz CT molecular complexity index is 1360. The van der Waals surface area contributed by atoms with Gasteiger partial charge >= 0.3 is 0 Å². The molecular formula is C28H22O4. The molecule has 4 aromatic rings. The Morgan fingerprint density at radius 2 is 1.25 bits per heavy atom. The molecule has 4 aromatic carbocycles. The molecule has 0 N–H and O–H groups in total. The van der Waals surface area contributed by atoms with Crippen LogP contribution in [0, 0.1) is 0 Å². The Hall–Kier alpha value is -3.92. The van der Waals surface area contributed by atoms with E-state index < -0.39 is 23.3 Å². The van der Waals surface area contributed by atoms with E-state index in [0.717, 1.165) is 16.2 Å². The molecule has 1 unspecified atom stereocenters. The van der Waals surface area contributed by atoms with Gasteiger partial charge in [0.15, 0.2) is 0 Å². The topological polar surface area (TPSA) is 68.3 Å². The van der Waals surface area contributed by atoms with Gasteiger partial charge in [0.1, 0.15) is 5.78 Å².